The van der Waals surface area contributed by atoms with Crippen LogP contribution in [0.4, 0.5) is 0 Å². The van der Waals surface area contributed by atoms with E-state index in [-0.39, 0.29) is 5.91 Å². The highest BCUT2D eigenvalue weighted by Gasteiger charge is 2.31. The number of rotatable bonds is 7. The fourth-order valence-electron chi connectivity index (χ4n) is 2.98. The largest absolute Gasteiger partial charge is 0.360 e. The standard InChI is InChI=1S/C19H23N5OS/c1-12(2)9-21-17(25)11-26-19-23-22-18(24(19)13-7-8-13)15-10-20-16-6-4-3-5-14(15)16/h3-6,10,12-13,20H,7-9,11H2,1-2H3,(H,21,25). The summed E-state index contributed by atoms with van der Waals surface area (Å²) >= 11 is 1.47. The van der Waals surface area contributed by atoms with E-state index < -0.39 is 0 Å². The van der Waals surface area contributed by atoms with Gasteiger partial charge >= 0.3 is 0 Å². The highest BCUT2D eigenvalue weighted by molar-refractivity contribution is 7.99. The first-order valence-corrected chi connectivity index (χ1v) is 10.0. The van der Waals surface area contributed by atoms with E-state index in [1.165, 1.54) is 11.8 Å². The number of para-hydroxylation sites is 1. The van der Waals surface area contributed by atoms with Crippen molar-refractivity contribution in [3.63, 3.8) is 0 Å². The van der Waals surface area contributed by atoms with Crippen LogP contribution in [0, 0.1) is 5.92 Å². The second-order valence-electron chi connectivity index (χ2n) is 7.14. The summed E-state index contributed by atoms with van der Waals surface area (Å²) in [6.07, 6.45) is 4.28. The number of carbonyl (C=O) groups is 1. The highest BCUT2D eigenvalue weighted by Crippen LogP contribution is 2.42. The van der Waals surface area contributed by atoms with Crippen molar-refractivity contribution in [1.82, 2.24) is 25.1 Å². The zero-order valence-corrected chi connectivity index (χ0v) is 15.8. The molecule has 1 saturated carbocycles. The molecular formula is C19H23N5OS. The van der Waals surface area contributed by atoms with Crippen LogP contribution in [0.2, 0.25) is 0 Å². The van der Waals surface area contributed by atoms with Crippen LogP contribution in [-0.4, -0.2) is 38.0 Å². The van der Waals surface area contributed by atoms with Crippen molar-refractivity contribution in [3.8, 4) is 11.4 Å². The number of hydrogen-bond donors (Lipinski definition) is 2. The van der Waals surface area contributed by atoms with Gasteiger partial charge in [-0.3, -0.25) is 9.36 Å². The van der Waals surface area contributed by atoms with Crippen LogP contribution in [0.5, 0.6) is 0 Å². The van der Waals surface area contributed by atoms with Crippen LogP contribution in [0.25, 0.3) is 22.3 Å². The van der Waals surface area contributed by atoms with Gasteiger partial charge in [0.25, 0.3) is 0 Å². The molecule has 26 heavy (non-hydrogen) atoms. The van der Waals surface area contributed by atoms with Gasteiger partial charge in [-0.05, 0) is 24.8 Å². The van der Waals surface area contributed by atoms with E-state index >= 15 is 0 Å². The number of amides is 1. The third-order valence-corrected chi connectivity index (χ3v) is 5.39. The van der Waals surface area contributed by atoms with E-state index in [0.717, 1.165) is 40.3 Å². The lowest BCUT2D eigenvalue weighted by atomic mass is 10.1. The number of hydrogen-bond acceptors (Lipinski definition) is 4. The van der Waals surface area contributed by atoms with Crippen molar-refractivity contribution in [2.45, 2.75) is 37.9 Å². The Morgan fingerprint density at radius 1 is 1.35 bits per heavy atom. The molecule has 2 heterocycles. The minimum atomic E-state index is 0.0442. The van der Waals surface area contributed by atoms with Crippen molar-refractivity contribution in [2.75, 3.05) is 12.3 Å². The smallest absolute Gasteiger partial charge is 0.230 e. The molecule has 136 valence electrons. The first-order valence-electron chi connectivity index (χ1n) is 9.04. The molecule has 1 fully saturated rings. The summed E-state index contributed by atoms with van der Waals surface area (Å²) in [6, 6.07) is 8.65. The van der Waals surface area contributed by atoms with Crippen molar-refractivity contribution in [1.29, 1.82) is 0 Å². The molecule has 7 heteroatoms. The van der Waals surface area contributed by atoms with Gasteiger partial charge in [-0.2, -0.15) is 0 Å². The van der Waals surface area contributed by atoms with Gasteiger partial charge in [0.15, 0.2) is 11.0 Å². The number of fused-ring (bicyclic) bond motifs is 1. The van der Waals surface area contributed by atoms with Crippen molar-refractivity contribution < 1.29 is 4.79 Å². The van der Waals surface area contributed by atoms with Gasteiger partial charge in [0.2, 0.25) is 5.91 Å². The van der Waals surface area contributed by atoms with Crippen LogP contribution in [0.1, 0.15) is 32.7 Å². The molecule has 4 rings (SSSR count). The molecule has 3 aromatic rings. The quantitative estimate of drug-likeness (QED) is 0.624. The third-order valence-electron chi connectivity index (χ3n) is 4.45. The zero-order chi connectivity index (χ0) is 18.1. The SMILES string of the molecule is CC(C)CNC(=O)CSc1nnc(-c2c[nH]c3ccccc23)n1C1CC1. The normalized spacial score (nSPS) is 14.3. The molecule has 0 aliphatic heterocycles. The zero-order valence-electron chi connectivity index (χ0n) is 15.0. The molecule has 2 N–H and O–H groups in total. The fraction of sp³-hybridized carbons (Fsp3) is 0.421. The van der Waals surface area contributed by atoms with Gasteiger partial charge in [-0.1, -0.05) is 43.8 Å². The summed E-state index contributed by atoms with van der Waals surface area (Å²) in [5.74, 6) is 1.75. The first kappa shape index (κ1) is 17.1. The Morgan fingerprint density at radius 3 is 2.92 bits per heavy atom. The van der Waals surface area contributed by atoms with E-state index in [2.05, 4.69) is 51.0 Å². The molecule has 0 bridgehead atoms. The molecule has 2 aromatic heterocycles. The Hall–Kier alpha value is -2.28. The first-order chi connectivity index (χ1) is 12.6. The van der Waals surface area contributed by atoms with Gasteiger partial charge in [-0.15, -0.1) is 10.2 Å². The lowest BCUT2D eigenvalue weighted by Crippen LogP contribution is -2.28. The van der Waals surface area contributed by atoms with E-state index in [1.54, 1.807) is 0 Å². The van der Waals surface area contributed by atoms with Crippen LogP contribution in [0.15, 0.2) is 35.6 Å². The van der Waals surface area contributed by atoms with E-state index in [9.17, 15) is 4.79 Å². The Kier molecular flexibility index (Phi) is 4.72. The van der Waals surface area contributed by atoms with Gasteiger partial charge < -0.3 is 10.3 Å². The molecule has 0 unspecified atom stereocenters. The summed E-state index contributed by atoms with van der Waals surface area (Å²) in [5, 5.41) is 13.8. The number of aromatic nitrogens is 4. The summed E-state index contributed by atoms with van der Waals surface area (Å²) in [4.78, 5) is 15.3. The van der Waals surface area contributed by atoms with Crippen molar-refractivity contribution in [2.24, 2.45) is 5.92 Å². The maximum atomic E-state index is 12.0. The average Bonchev–Trinajstić information content (AvgIpc) is 3.25. The van der Waals surface area contributed by atoms with Crippen LogP contribution in [0.3, 0.4) is 0 Å². The Morgan fingerprint density at radius 2 is 2.15 bits per heavy atom. The molecule has 0 atom stereocenters. The van der Waals surface area contributed by atoms with Crippen molar-refractivity contribution in [3.05, 3.63) is 30.5 Å². The molecule has 0 saturated heterocycles. The topological polar surface area (TPSA) is 75.6 Å². The number of aromatic amines is 1. The number of thioether (sulfide) groups is 1. The van der Waals surface area contributed by atoms with Gasteiger partial charge in [-0.25, -0.2) is 0 Å². The molecule has 0 spiro atoms. The summed E-state index contributed by atoms with van der Waals surface area (Å²) < 4.78 is 2.20. The molecular weight excluding hydrogens is 346 g/mol. The monoisotopic (exact) mass is 369 g/mol. The predicted molar refractivity (Wildman–Crippen MR) is 104 cm³/mol. The van der Waals surface area contributed by atoms with Gasteiger partial charge in [0.05, 0.1) is 5.75 Å². The molecule has 1 aliphatic rings. The Balaban J connectivity index is 1.57. The van der Waals surface area contributed by atoms with Crippen LogP contribution < -0.4 is 5.32 Å². The summed E-state index contributed by atoms with van der Waals surface area (Å²) in [7, 11) is 0. The average molecular weight is 369 g/mol. The maximum absolute atomic E-state index is 12.0. The molecule has 1 amide bonds. The van der Waals surface area contributed by atoms with E-state index in [0.29, 0.717) is 24.3 Å². The second kappa shape index (κ2) is 7.15. The second-order valence-corrected chi connectivity index (χ2v) is 8.08. The number of H-pyrrole nitrogens is 1. The third kappa shape index (κ3) is 3.49. The summed E-state index contributed by atoms with van der Waals surface area (Å²) in [5.41, 5.74) is 2.16. The highest BCUT2D eigenvalue weighted by atomic mass is 32.2. The minimum absolute atomic E-state index is 0.0442. The van der Waals surface area contributed by atoms with E-state index in [4.69, 9.17) is 0 Å². The summed E-state index contributed by atoms with van der Waals surface area (Å²) in [6.45, 7) is 4.88. The van der Waals surface area contributed by atoms with E-state index in [1.807, 2.05) is 18.3 Å². The predicted octanol–water partition coefficient (Wildman–Crippen LogP) is 3.63. The fourth-order valence-corrected chi connectivity index (χ4v) is 3.81. The molecule has 1 aromatic carbocycles. The van der Waals surface area contributed by atoms with Crippen molar-refractivity contribution >= 4 is 28.6 Å². The van der Waals surface area contributed by atoms with Crippen LogP contribution in [-0.2, 0) is 4.79 Å². The number of nitrogens with one attached hydrogen (secondary N) is 2. The maximum Gasteiger partial charge on any atom is 0.230 e. The number of carbonyl (C=O) groups excluding carboxylic acids is 1. The van der Waals surface area contributed by atoms with Gasteiger partial charge in [0, 0.05) is 35.2 Å². The minimum Gasteiger partial charge on any atom is -0.360 e. The lowest BCUT2D eigenvalue weighted by molar-refractivity contribution is -0.118. The number of nitrogens with zero attached hydrogens (tertiary/aromatic N) is 3. The molecule has 6 nitrogen and oxygen atoms in total. The van der Waals surface area contributed by atoms with Gasteiger partial charge in [0.1, 0.15) is 0 Å². The Bertz CT molecular complexity index is 925. The molecule has 0 radical (unpaired) electrons. The number of benzene rings is 1. The van der Waals surface area contributed by atoms with Crippen LogP contribution >= 0.6 is 11.8 Å². The molecule has 1 aliphatic carbocycles. The lowest BCUT2D eigenvalue weighted by Gasteiger charge is -2.09. The Labute approximate surface area is 156 Å².